The summed E-state index contributed by atoms with van der Waals surface area (Å²) in [6.07, 6.45) is 8.86. The number of nitrogens with zero attached hydrogens (tertiary/aromatic N) is 3. The highest BCUT2D eigenvalue weighted by molar-refractivity contribution is 7.91. The summed E-state index contributed by atoms with van der Waals surface area (Å²) in [6, 6.07) is 9.72. The molecule has 43 heavy (non-hydrogen) atoms. The number of carbonyl (C=O) groups is 1. The Labute approximate surface area is 252 Å². The fourth-order valence-corrected chi connectivity index (χ4v) is 7.40. The molecule has 3 aromatic rings. The van der Waals surface area contributed by atoms with E-state index in [-0.39, 0.29) is 6.42 Å². The van der Waals surface area contributed by atoms with Gasteiger partial charge in [0, 0.05) is 23.7 Å². The molecule has 1 amide bonds. The van der Waals surface area contributed by atoms with E-state index in [1.165, 1.54) is 23.2 Å². The lowest BCUT2D eigenvalue weighted by molar-refractivity contribution is 0.00991. The van der Waals surface area contributed by atoms with Gasteiger partial charge < -0.3 is 9.47 Å². The zero-order valence-electron chi connectivity index (χ0n) is 25.6. The molecule has 10 heteroatoms. The Balaban J connectivity index is 1.56. The fourth-order valence-electron chi connectivity index (χ4n) is 5.64. The Bertz CT molecular complexity index is 1800. The second-order valence-corrected chi connectivity index (χ2v) is 15.0. The Morgan fingerprint density at radius 2 is 1.86 bits per heavy atom. The Kier molecular flexibility index (Phi) is 7.57. The van der Waals surface area contributed by atoms with Crippen LogP contribution in [0.3, 0.4) is 0 Å². The van der Waals surface area contributed by atoms with Gasteiger partial charge in [-0.3, -0.25) is 4.90 Å². The lowest BCUT2D eigenvalue weighted by Crippen LogP contribution is -2.51. The molecule has 0 saturated heterocycles. The normalized spacial score (nSPS) is 20.5. The largest absolute Gasteiger partial charge is 0.496 e. The summed E-state index contributed by atoms with van der Waals surface area (Å²) in [6.45, 7) is 11.3. The molecule has 0 bridgehead atoms. The van der Waals surface area contributed by atoms with Gasteiger partial charge in [-0.15, -0.1) is 0 Å². The highest BCUT2D eigenvalue weighted by atomic mass is 32.2. The highest BCUT2D eigenvalue weighted by Crippen LogP contribution is 2.41. The smallest absolute Gasteiger partial charge is 0.410 e. The van der Waals surface area contributed by atoms with Crippen molar-refractivity contribution in [2.75, 3.05) is 13.7 Å². The monoisotopic (exact) mass is 607 g/mol. The quantitative estimate of drug-likeness (QED) is 0.311. The summed E-state index contributed by atoms with van der Waals surface area (Å²) in [4.78, 5) is 19.1. The first-order chi connectivity index (χ1) is 20.1. The van der Waals surface area contributed by atoms with Gasteiger partial charge >= 0.3 is 6.09 Å². The number of rotatable bonds is 5. The van der Waals surface area contributed by atoms with E-state index in [2.05, 4.69) is 4.98 Å². The van der Waals surface area contributed by atoms with Crippen molar-refractivity contribution in [2.45, 2.75) is 70.3 Å². The van der Waals surface area contributed by atoms with Crippen LogP contribution in [0.1, 0.15) is 65.6 Å². The maximum atomic E-state index is 14.6. The van der Waals surface area contributed by atoms with Crippen molar-refractivity contribution in [1.82, 2.24) is 13.9 Å². The minimum atomic E-state index is -4.07. The lowest BCUT2D eigenvalue weighted by Gasteiger charge is -2.41. The molecule has 0 N–H and O–H groups in total. The van der Waals surface area contributed by atoms with E-state index in [4.69, 9.17) is 9.47 Å². The third-order valence-electron chi connectivity index (χ3n) is 7.94. The fraction of sp³-hybridized carbons (Fsp3) is 0.394. The number of amides is 1. The summed E-state index contributed by atoms with van der Waals surface area (Å²) in [7, 11) is -2.56. The van der Waals surface area contributed by atoms with Crippen LogP contribution in [0.2, 0.25) is 0 Å². The first kappa shape index (κ1) is 30.5. The number of allylic oxidation sites excluding steroid dienone is 3. The number of methoxy groups -OCH3 is 1. The first-order valence-corrected chi connectivity index (χ1v) is 15.7. The van der Waals surface area contributed by atoms with E-state index in [1.54, 1.807) is 48.4 Å². The summed E-state index contributed by atoms with van der Waals surface area (Å²) >= 11 is 0. The number of carbonyl (C=O) groups excluding carboxylic acids is 1. The summed E-state index contributed by atoms with van der Waals surface area (Å²) in [5, 5.41) is 0.693. The van der Waals surface area contributed by atoms with Gasteiger partial charge in [-0.2, -0.15) is 0 Å². The molecule has 0 fully saturated rings. The third kappa shape index (κ3) is 5.60. The molecule has 1 atom stereocenters. The molecule has 3 heterocycles. The molecule has 228 valence electrons. The zero-order chi connectivity index (χ0) is 31.4. The molecule has 0 spiro atoms. The van der Waals surface area contributed by atoms with E-state index >= 15 is 0 Å². The molecular formula is C33H38FN3O5S. The predicted molar refractivity (Wildman–Crippen MR) is 167 cm³/mol. The molecule has 0 radical (unpaired) electrons. The molecule has 1 aliphatic heterocycles. The van der Waals surface area contributed by atoms with Gasteiger partial charge in [0.1, 0.15) is 21.9 Å². The second-order valence-electron chi connectivity index (χ2n) is 12.8. The van der Waals surface area contributed by atoms with Crippen LogP contribution in [0.25, 0.3) is 22.2 Å². The Hall–Kier alpha value is -3.92. The lowest BCUT2D eigenvalue weighted by atomic mass is 9.91. The van der Waals surface area contributed by atoms with Gasteiger partial charge in [-0.05, 0) is 102 Å². The van der Waals surface area contributed by atoms with Crippen LogP contribution in [0.5, 0.6) is 5.75 Å². The molecule has 1 unspecified atom stereocenters. The zero-order valence-corrected chi connectivity index (χ0v) is 26.5. The number of ether oxygens (including phenoxy) is 2. The summed E-state index contributed by atoms with van der Waals surface area (Å²) < 4.78 is 54.4. The van der Waals surface area contributed by atoms with Crippen molar-refractivity contribution in [1.29, 1.82) is 0 Å². The van der Waals surface area contributed by atoms with Crippen molar-refractivity contribution < 1.29 is 27.1 Å². The second kappa shape index (κ2) is 10.7. The van der Waals surface area contributed by atoms with E-state index in [9.17, 15) is 17.6 Å². The van der Waals surface area contributed by atoms with Crippen molar-refractivity contribution in [3.05, 3.63) is 84.0 Å². The van der Waals surface area contributed by atoms with E-state index in [0.29, 0.717) is 46.6 Å². The standard InChI is InChI=1S/C33H38FN3O5S/c1-31(2,3)42-30(38)36-18-14-24(21-32(36,4)5)27-19-23-9-8-17-35-29(23)37(27)43(39,40)33(6)15-12-22(13-16-33)26-20-25(34)10-11-28(26)41-7/h8-13,15,17,19-21H,14,16,18H2,1-7H3. The van der Waals surface area contributed by atoms with Gasteiger partial charge in [0.15, 0.2) is 5.65 Å². The van der Waals surface area contributed by atoms with Crippen molar-refractivity contribution in [2.24, 2.45) is 0 Å². The van der Waals surface area contributed by atoms with E-state index < -0.39 is 37.8 Å². The molecule has 2 aromatic heterocycles. The SMILES string of the molecule is COc1ccc(F)cc1C1=CCC(C)(S(=O)(=O)n2c(C3=CC(C)(C)N(C(=O)OC(C)(C)C)CC3)cc3cccnc32)C=C1. The first-order valence-electron chi connectivity index (χ1n) is 14.2. The van der Waals surface area contributed by atoms with Crippen LogP contribution >= 0.6 is 0 Å². The van der Waals surface area contributed by atoms with Gasteiger partial charge in [0.2, 0.25) is 10.0 Å². The van der Waals surface area contributed by atoms with Gasteiger partial charge in [0.25, 0.3) is 0 Å². The summed E-state index contributed by atoms with van der Waals surface area (Å²) in [5.74, 6) is 0.0911. The molecule has 5 rings (SSSR count). The van der Waals surface area contributed by atoms with Crippen molar-refractivity contribution in [3.63, 3.8) is 0 Å². The number of hydrogen-bond acceptors (Lipinski definition) is 6. The molecular weight excluding hydrogens is 569 g/mol. The predicted octanol–water partition coefficient (Wildman–Crippen LogP) is 6.97. The van der Waals surface area contributed by atoms with Crippen molar-refractivity contribution >= 4 is 38.3 Å². The maximum absolute atomic E-state index is 14.6. The topological polar surface area (TPSA) is 90.7 Å². The average Bonchev–Trinajstić information content (AvgIpc) is 3.32. The number of pyridine rings is 1. The average molecular weight is 608 g/mol. The molecule has 1 aliphatic carbocycles. The minimum Gasteiger partial charge on any atom is -0.496 e. The van der Waals surface area contributed by atoms with E-state index in [0.717, 1.165) is 5.57 Å². The number of fused-ring (bicyclic) bond motifs is 1. The third-order valence-corrected chi connectivity index (χ3v) is 10.3. The van der Waals surface area contributed by atoms with Crippen LogP contribution in [-0.4, -0.2) is 57.9 Å². The highest BCUT2D eigenvalue weighted by Gasteiger charge is 2.43. The maximum Gasteiger partial charge on any atom is 0.410 e. The molecule has 8 nitrogen and oxygen atoms in total. The Morgan fingerprint density at radius 3 is 2.49 bits per heavy atom. The summed E-state index contributed by atoms with van der Waals surface area (Å²) in [5.41, 5.74) is 1.51. The van der Waals surface area contributed by atoms with E-state index in [1.807, 2.05) is 52.8 Å². The number of halogens is 1. The Morgan fingerprint density at radius 1 is 1.12 bits per heavy atom. The molecule has 2 aliphatic rings. The molecule has 1 aromatic carbocycles. The van der Waals surface area contributed by atoms with Gasteiger partial charge in [0.05, 0.1) is 18.3 Å². The van der Waals surface area contributed by atoms with Gasteiger partial charge in [-0.25, -0.2) is 26.6 Å². The van der Waals surface area contributed by atoms with Crippen LogP contribution < -0.4 is 4.74 Å². The van der Waals surface area contributed by atoms with Gasteiger partial charge in [-0.1, -0.05) is 24.3 Å². The number of hydrogen-bond donors (Lipinski definition) is 0. The molecule has 0 saturated carbocycles. The number of aromatic nitrogens is 2. The minimum absolute atomic E-state index is 0.156. The van der Waals surface area contributed by atoms with Crippen LogP contribution in [0.15, 0.2) is 66.9 Å². The van der Waals surface area contributed by atoms with Crippen molar-refractivity contribution in [3.8, 4) is 5.75 Å². The number of benzene rings is 1. The van der Waals surface area contributed by atoms with Crippen LogP contribution in [0.4, 0.5) is 9.18 Å². The van der Waals surface area contributed by atoms with Crippen LogP contribution in [0, 0.1) is 5.82 Å². The van der Waals surface area contributed by atoms with Crippen LogP contribution in [-0.2, 0) is 14.8 Å².